The van der Waals surface area contributed by atoms with Gasteiger partial charge in [-0.3, -0.25) is 0 Å². The second kappa shape index (κ2) is 9.41. The summed E-state index contributed by atoms with van der Waals surface area (Å²) in [6, 6.07) is 3.85. The molecule has 0 saturated heterocycles. The van der Waals surface area contributed by atoms with Gasteiger partial charge in [0, 0.05) is 35.2 Å². The van der Waals surface area contributed by atoms with E-state index in [0.29, 0.717) is 11.6 Å². The highest BCUT2D eigenvalue weighted by Crippen LogP contribution is 2.26. The van der Waals surface area contributed by atoms with E-state index in [1.54, 1.807) is 12.1 Å². The maximum Gasteiger partial charge on any atom is 0.341 e. The minimum absolute atomic E-state index is 0.0642. The molecule has 4 rings (SSSR count). The van der Waals surface area contributed by atoms with Crippen LogP contribution in [0, 0.1) is 5.82 Å². The van der Waals surface area contributed by atoms with Gasteiger partial charge in [-0.1, -0.05) is 18.2 Å². The Morgan fingerprint density at radius 2 is 2.03 bits per heavy atom. The summed E-state index contributed by atoms with van der Waals surface area (Å²) in [6.07, 6.45) is 5.87. The third-order valence-corrected chi connectivity index (χ3v) is 6.79. The zero-order chi connectivity index (χ0) is 24.5. The number of rotatable bonds is 7. The molecule has 0 amide bonds. The topological polar surface area (TPSA) is 137 Å². The zero-order valence-corrected chi connectivity index (χ0v) is 18.7. The Morgan fingerprint density at radius 3 is 2.71 bits per heavy atom. The van der Waals surface area contributed by atoms with Crippen molar-refractivity contribution in [3.8, 4) is 6.01 Å². The number of nitrogens with one attached hydrogen (secondary N) is 1. The van der Waals surface area contributed by atoms with E-state index in [9.17, 15) is 17.6 Å². The van der Waals surface area contributed by atoms with Crippen molar-refractivity contribution in [2.45, 2.75) is 30.1 Å². The fraction of sp³-hybridized carbons (Fsp3) is 0.227. The van der Waals surface area contributed by atoms with E-state index in [1.165, 1.54) is 30.6 Å². The van der Waals surface area contributed by atoms with Crippen LogP contribution in [0.25, 0.3) is 12.2 Å². The monoisotopic (exact) mass is 490 g/mol. The minimum atomic E-state index is -4.13. The second-order valence-electron chi connectivity index (χ2n) is 7.33. The number of sulfonamides is 1. The Balaban J connectivity index is 1.80. The maximum absolute atomic E-state index is 15.1. The summed E-state index contributed by atoms with van der Waals surface area (Å²) in [7, 11) is -3.00. The first-order valence-corrected chi connectivity index (χ1v) is 11.6. The van der Waals surface area contributed by atoms with Crippen LogP contribution in [0.4, 0.5) is 8.78 Å². The predicted octanol–water partition coefficient (Wildman–Crippen LogP) is 0.407. The third kappa shape index (κ3) is 4.34. The van der Waals surface area contributed by atoms with Crippen LogP contribution in [0.2, 0.25) is 0 Å². The van der Waals surface area contributed by atoms with Crippen LogP contribution >= 0.6 is 0 Å². The molecule has 178 valence electrons. The molecule has 3 aromatic rings. The van der Waals surface area contributed by atoms with Gasteiger partial charge in [-0.05, 0) is 25.3 Å². The number of benzene rings is 1. The fourth-order valence-electron chi connectivity index (χ4n) is 3.71. The molecule has 0 saturated carbocycles. The van der Waals surface area contributed by atoms with Crippen molar-refractivity contribution < 1.29 is 26.4 Å². The molecule has 0 bridgehead atoms. The number of hydrogen-bond acceptors (Lipinski definition) is 8. The van der Waals surface area contributed by atoms with Gasteiger partial charge in [-0.25, -0.2) is 36.7 Å². The smallest absolute Gasteiger partial charge is 0.341 e. The van der Waals surface area contributed by atoms with Gasteiger partial charge in [0.05, 0.1) is 11.6 Å². The minimum Gasteiger partial charge on any atom is -0.455 e. The van der Waals surface area contributed by atoms with Crippen LogP contribution < -0.4 is 31.5 Å². The first-order chi connectivity index (χ1) is 16.3. The molecule has 0 radical (unpaired) electrons. The summed E-state index contributed by atoms with van der Waals surface area (Å²) < 4.78 is 66.5. The molecule has 2 atom stereocenters. The summed E-state index contributed by atoms with van der Waals surface area (Å²) in [6.45, 7) is -1.08. The van der Waals surface area contributed by atoms with Gasteiger partial charge in [0.15, 0.2) is 0 Å². The van der Waals surface area contributed by atoms with Crippen LogP contribution in [0.5, 0.6) is 6.01 Å². The molecule has 2 heterocycles. The lowest BCUT2D eigenvalue weighted by atomic mass is 9.94. The van der Waals surface area contributed by atoms with Gasteiger partial charge in [0.1, 0.15) is 28.9 Å². The quantitative estimate of drug-likeness (QED) is 0.486. The highest BCUT2D eigenvalue weighted by Gasteiger charge is 2.28. The van der Waals surface area contributed by atoms with E-state index in [-0.39, 0.29) is 28.1 Å². The second-order valence-corrected chi connectivity index (χ2v) is 9.19. The van der Waals surface area contributed by atoms with Crippen LogP contribution in [-0.4, -0.2) is 31.5 Å². The Morgan fingerprint density at radius 1 is 1.29 bits per heavy atom. The van der Waals surface area contributed by atoms with Crippen molar-refractivity contribution in [1.29, 1.82) is 0 Å². The van der Waals surface area contributed by atoms with E-state index in [0.717, 1.165) is 13.1 Å². The first kappa shape index (κ1) is 23.7. The number of halogens is 2. The SMILES string of the molecule is CNS(=O)(=O)c1cccc(C(N)c2c(CF)c3c(oc2=O)=CC(Oc2ncccn2)CC=3)c1F. The van der Waals surface area contributed by atoms with Crippen LogP contribution in [-0.2, 0) is 16.7 Å². The first-order valence-electron chi connectivity index (χ1n) is 10.1. The highest BCUT2D eigenvalue weighted by molar-refractivity contribution is 7.89. The lowest BCUT2D eigenvalue weighted by molar-refractivity contribution is 0.244. The summed E-state index contributed by atoms with van der Waals surface area (Å²) in [5.41, 5.74) is 4.62. The number of hydrogen-bond donors (Lipinski definition) is 2. The molecule has 34 heavy (non-hydrogen) atoms. The summed E-state index contributed by atoms with van der Waals surface area (Å²) in [5, 5.41) is 0.292. The van der Waals surface area contributed by atoms with Crippen molar-refractivity contribution in [1.82, 2.24) is 14.7 Å². The standard InChI is InChI=1S/C22H20F2N4O5S/c1-26-34(30,31)17-5-2-4-14(19(17)24)20(25)18-15(11-23)13-7-6-12(10-16(13)33-21(18)29)32-22-27-8-3-9-28-22/h2-5,7-10,12,20,26H,6,11,25H2,1H3. The van der Waals surface area contributed by atoms with E-state index >= 15 is 4.39 Å². The molecule has 1 aliphatic rings. The molecule has 1 aliphatic carbocycles. The molecule has 12 heteroatoms. The Hall–Kier alpha value is -3.48. The third-order valence-electron chi connectivity index (χ3n) is 5.36. The molecule has 0 fully saturated rings. The van der Waals surface area contributed by atoms with Crippen LogP contribution in [0.1, 0.15) is 29.2 Å². The Labute approximate surface area is 192 Å². The normalized spacial score (nSPS) is 16.2. The largest absolute Gasteiger partial charge is 0.455 e. The van der Waals surface area contributed by atoms with Crippen molar-refractivity contribution in [3.05, 3.63) is 80.2 Å². The number of aromatic nitrogens is 2. The maximum atomic E-state index is 15.1. The molecule has 0 spiro atoms. The molecule has 2 aromatic heterocycles. The number of nitrogens with two attached hydrogens (primary N) is 1. The van der Waals surface area contributed by atoms with Crippen molar-refractivity contribution in [2.75, 3.05) is 7.05 Å². The van der Waals surface area contributed by atoms with Crippen molar-refractivity contribution >= 4 is 22.2 Å². The zero-order valence-electron chi connectivity index (χ0n) is 17.9. The van der Waals surface area contributed by atoms with E-state index < -0.39 is 45.2 Å². The van der Waals surface area contributed by atoms with Gasteiger partial charge in [0.25, 0.3) is 0 Å². The molecule has 2 unspecified atom stereocenters. The number of alkyl halides is 1. The summed E-state index contributed by atoms with van der Waals surface area (Å²) in [5.74, 6) is -1.14. The molecule has 0 aliphatic heterocycles. The molecule has 9 nitrogen and oxygen atoms in total. The van der Waals surface area contributed by atoms with Crippen molar-refractivity contribution in [3.63, 3.8) is 0 Å². The van der Waals surface area contributed by atoms with E-state index in [2.05, 4.69) is 9.97 Å². The van der Waals surface area contributed by atoms with E-state index in [4.69, 9.17) is 14.9 Å². The van der Waals surface area contributed by atoms with Crippen LogP contribution in [0.15, 0.2) is 50.8 Å². The number of nitrogens with zero attached hydrogens (tertiary/aromatic N) is 2. The lowest BCUT2D eigenvalue weighted by Crippen LogP contribution is -2.41. The summed E-state index contributed by atoms with van der Waals surface area (Å²) >= 11 is 0. The number of ether oxygens (including phenoxy) is 1. The fourth-order valence-corrected chi connectivity index (χ4v) is 4.54. The lowest BCUT2D eigenvalue weighted by Gasteiger charge is -2.19. The van der Waals surface area contributed by atoms with Gasteiger partial charge in [-0.15, -0.1) is 0 Å². The van der Waals surface area contributed by atoms with Crippen molar-refractivity contribution in [2.24, 2.45) is 5.73 Å². The molecular weight excluding hydrogens is 470 g/mol. The van der Waals surface area contributed by atoms with Crippen LogP contribution in [0.3, 0.4) is 0 Å². The molecular formula is C22H20F2N4O5S. The van der Waals surface area contributed by atoms with Gasteiger partial charge < -0.3 is 14.9 Å². The predicted molar refractivity (Wildman–Crippen MR) is 118 cm³/mol. The molecule has 3 N–H and O–H groups in total. The Kier molecular flexibility index (Phi) is 6.55. The number of fused-ring (bicyclic) bond motifs is 1. The van der Waals surface area contributed by atoms with Gasteiger partial charge in [0.2, 0.25) is 10.0 Å². The van der Waals surface area contributed by atoms with Gasteiger partial charge in [-0.2, -0.15) is 0 Å². The average molecular weight is 490 g/mol. The van der Waals surface area contributed by atoms with E-state index in [1.807, 2.05) is 4.72 Å². The highest BCUT2D eigenvalue weighted by atomic mass is 32.2. The molecule has 1 aromatic carbocycles. The summed E-state index contributed by atoms with van der Waals surface area (Å²) in [4.78, 5) is 20.1. The average Bonchev–Trinajstić information content (AvgIpc) is 2.83. The van der Waals surface area contributed by atoms with Gasteiger partial charge >= 0.3 is 11.6 Å². The Bertz CT molecular complexity index is 1510.